The van der Waals surface area contributed by atoms with Crippen molar-refractivity contribution in [3.8, 4) is 28.7 Å². The van der Waals surface area contributed by atoms with Crippen LogP contribution in [-0.2, 0) is 0 Å². The molecule has 0 saturated carbocycles. The second kappa shape index (κ2) is 9.95. The van der Waals surface area contributed by atoms with Crippen molar-refractivity contribution in [2.45, 2.75) is 12.8 Å². The summed E-state index contributed by atoms with van der Waals surface area (Å²) in [6.07, 6.45) is 9.06. The van der Waals surface area contributed by atoms with E-state index in [2.05, 4.69) is 21.4 Å². The number of amides is 1. The predicted octanol–water partition coefficient (Wildman–Crippen LogP) is 3.12. The molecule has 4 heterocycles. The molecular weight excluding hydrogens is 434 g/mol. The minimum Gasteiger partial charge on any atom is -0.495 e. The minimum absolute atomic E-state index is 0.0656. The molecule has 10 heteroatoms. The normalized spacial score (nSPS) is 12.7. The highest BCUT2D eigenvalue weighted by Crippen LogP contribution is 2.29. The Labute approximate surface area is 196 Å². The van der Waals surface area contributed by atoms with Crippen LogP contribution in [0.4, 0.5) is 5.69 Å². The Morgan fingerprint density at radius 2 is 1.88 bits per heavy atom. The molecule has 4 aromatic rings. The number of aromatic amines is 1. The van der Waals surface area contributed by atoms with E-state index in [0.29, 0.717) is 33.8 Å². The minimum atomic E-state index is 0.0656. The summed E-state index contributed by atoms with van der Waals surface area (Å²) in [5.74, 6) is 1.24. The number of nitrogen functional groups attached to an aromatic ring is 1. The van der Waals surface area contributed by atoms with Crippen LogP contribution in [-0.4, -0.2) is 57.9 Å². The Bertz CT molecular complexity index is 1330. The van der Waals surface area contributed by atoms with Crippen LogP contribution < -0.4 is 15.2 Å². The third kappa shape index (κ3) is 4.49. The number of anilines is 1. The number of nitrogens with one attached hydrogen (secondary N) is 1. The quantitative estimate of drug-likeness (QED) is 0.448. The molecule has 1 amide bonds. The first-order valence-electron chi connectivity index (χ1n) is 10.7. The lowest BCUT2D eigenvalue weighted by Gasteiger charge is -2.16. The van der Waals surface area contributed by atoms with Gasteiger partial charge in [-0.25, -0.2) is 4.52 Å². The Morgan fingerprint density at radius 1 is 1.12 bits per heavy atom. The number of hydrogen-bond acceptors (Lipinski definition) is 7. The van der Waals surface area contributed by atoms with Gasteiger partial charge in [-0.3, -0.25) is 9.89 Å². The Hall–Kier alpha value is -4.52. The first-order valence-corrected chi connectivity index (χ1v) is 10.7. The van der Waals surface area contributed by atoms with Crippen molar-refractivity contribution >= 4 is 17.1 Å². The molecule has 0 atom stereocenters. The maximum atomic E-state index is 12.1. The number of benzene rings is 1. The molecule has 1 aromatic carbocycles. The molecule has 174 valence electrons. The van der Waals surface area contributed by atoms with Crippen molar-refractivity contribution in [1.82, 2.24) is 24.7 Å². The number of fused-ring (bicyclic) bond motifs is 1. The van der Waals surface area contributed by atoms with E-state index in [9.17, 15) is 4.79 Å². The van der Waals surface area contributed by atoms with Gasteiger partial charge >= 0.3 is 0 Å². The van der Waals surface area contributed by atoms with Gasteiger partial charge in [-0.2, -0.15) is 15.5 Å². The molecule has 1 fully saturated rings. The van der Waals surface area contributed by atoms with Crippen LogP contribution in [0.25, 0.3) is 16.6 Å². The van der Waals surface area contributed by atoms with Gasteiger partial charge in [-0.05, 0) is 37.1 Å². The van der Waals surface area contributed by atoms with Crippen LogP contribution in [0.1, 0.15) is 28.8 Å². The second-order valence-corrected chi connectivity index (χ2v) is 7.70. The monoisotopic (exact) mass is 459 g/mol. The highest BCUT2D eigenvalue weighted by molar-refractivity contribution is 5.95. The van der Waals surface area contributed by atoms with Gasteiger partial charge in [0.05, 0.1) is 32.3 Å². The standard InChI is InChI=1S/C12H9N5O.C12H16N2O2/c1-18-11-2-8(10-4-14-15-5-10)7-17-12(11)9(3-13)6-16-17;1-16-11-8-9(4-5-10(11)13)12(15)14-6-2-3-7-14/h2,4-7H,1H3,(H,14,15);4-5,8H,2-3,6-7,13H2,1H3. The molecule has 5 rings (SSSR count). The molecule has 0 unspecified atom stereocenters. The number of aromatic nitrogens is 4. The lowest BCUT2D eigenvalue weighted by atomic mass is 10.1. The van der Waals surface area contributed by atoms with E-state index >= 15 is 0 Å². The molecule has 1 aliphatic heterocycles. The van der Waals surface area contributed by atoms with Crippen molar-refractivity contribution in [3.63, 3.8) is 0 Å². The number of carbonyl (C=O) groups excluding carboxylic acids is 1. The SMILES string of the molecule is COc1cc(-c2cn[nH]c2)cn2ncc(C#N)c12.COc1cc(C(=O)N2CCCC2)ccc1N. The summed E-state index contributed by atoms with van der Waals surface area (Å²) in [7, 11) is 3.12. The van der Waals surface area contributed by atoms with Gasteiger partial charge in [0.2, 0.25) is 0 Å². The maximum absolute atomic E-state index is 12.1. The van der Waals surface area contributed by atoms with Gasteiger partial charge in [-0.15, -0.1) is 0 Å². The second-order valence-electron chi connectivity index (χ2n) is 7.70. The molecule has 0 bridgehead atoms. The van der Waals surface area contributed by atoms with Gasteiger partial charge in [0.15, 0.2) is 0 Å². The van der Waals surface area contributed by atoms with Gasteiger partial charge in [0.25, 0.3) is 5.91 Å². The van der Waals surface area contributed by atoms with Crippen molar-refractivity contribution in [2.24, 2.45) is 0 Å². The summed E-state index contributed by atoms with van der Waals surface area (Å²) in [6, 6.07) is 9.12. The van der Waals surface area contributed by atoms with E-state index in [1.807, 2.05) is 17.2 Å². The number of hydrogen-bond donors (Lipinski definition) is 2. The zero-order valence-corrected chi connectivity index (χ0v) is 19.0. The molecule has 3 N–H and O–H groups in total. The predicted molar refractivity (Wildman–Crippen MR) is 127 cm³/mol. The van der Waals surface area contributed by atoms with E-state index in [0.717, 1.165) is 37.1 Å². The number of pyridine rings is 1. The summed E-state index contributed by atoms with van der Waals surface area (Å²) >= 11 is 0. The largest absolute Gasteiger partial charge is 0.495 e. The van der Waals surface area contributed by atoms with Crippen LogP contribution in [0.5, 0.6) is 11.5 Å². The summed E-state index contributed by atoms with van der Waals surface area (Å²) in [5.41, 5.74) is 9.92. The Balaban J connectivity index is 0.000000162. The molecule has 0 spiro atoms. The zero-order chi connectivity index (χ0) is 24.1. The number of likely N-dealkylation sites (tertiary alicyclic amines) is 1. The van der Waals surface area contributed by atoms with Crippen molar-refractivity contribution < 1.29 is 14.3 Å². The van der Waals surface area contributed by atoms with Crippen LogP contribution in [0.15, 0.2) is 49.1 Å². The average molecular weight is 460 g/mol. The summed E-state index contributed by atoms with van der Waals surface area (Å²) < 4.78 is 12.1. The van der Waals surface area contributed by atoms with Crippen LogP contribution in [0.3, 0.4) is 0 Å². The van der Waals surface area contributed by atoms with Crippen molar-refractivity contribution in [1.29, 1.82) is 5.26 Å². The fourth-order valence-corrected chi connectivity index (χ4v) is 3.84. The smallest absolute Gasteiger partial charge is 0.253 e. The Morgan fingerprint density at radius 3 is 2.53 bits per heavy atom. The number of H-pyrrole nitrogens is 1. The molecule has 10 nitrogen and oxygen atoms in total. The molecule has 34 heavy (non-hydrogen) atoms. The number of nitriles is 1. The third-order valence-electron chi connectivity index (χ3n) is 5.62. The van der Waals surface area contributed by atoms with Crippen molar-refractivity contribution in [3.05, 3.63) is 60.2 Å². The molecule has 3 aromatic heterocycles. The number of methoxy groups -OCH3 is 2. The van der Waals surface area contributed by atoms with E-state index < -0.39 is 0 Å². The van der Waals surface area contributed by atoms with E-state index in [4.69, 9.17) is 20.5 Å². The lowest BCUT2D eigenvalue weighted by Crippen LogP contribution is -2.27. The summed E-state index contributed by atoms with van der Waals surface area (Å²) in [4.78, 5) is 13.9. The number of rotatable bonds is 4. The molecule has 0 aliphatic carbocycles. The van der Waals surface area contributed by atoms with Crippen LogP contribution in [0, 0.1) is 11.3 Å². The first kappa shape index (κ1) is 22.7. The van der Waals surface area contributed by atoms with Crippen LogP contribution in [0.2, 0.25) is 0 Å². The summed E-state index contributed by atoms with van der Waals surface area (Å²) in [6.45, 7) is 1.71. The maximum Gasteiger partial charge on any atom is 0.253 e. The highest BCUT2D eigenvalue weighted by Gasteiger charge is 2.20. The molecule has 1 saturated heterocycles. The molecular formula is C24H25N7O3. The lowest BCUT2D eigenvalue weighted by molar-refractivity contribution is 0.0792. The first-order chi connectivity index (χ1) is 16.5. The third-order valence-corrected chi connectivity index (χ3v) is 5.62. The van der Waals surface area contributed by atoms with Gasteiger partial charge in [0.1, 0.15) is 28.6 Å². The van der Waals surface area contributed by atoms with E-state index in [1.165, 1.54) is 6.20 Å². The van der Waals surface area contributed by atoms with Gasteiger partial charge < -0.3 is 20.1 Å². The Kier molecular flexibility index (Phi) is 6.64. The van der Waals surface area contributed by atoms with E-state index in [-0.39, 0.29) is 5.91 Å². The number of carbonyl (C=O) groups is 1. The van der Waals surface area contributed by atoms with Gasteiger partial charge in [0, 0.05) is 42.2 Å². The molecule has 1 aliphatic rings. The highest BCUT2D eigenvalue weighted by atomic mass is 16.5. The summed E-state index contributed by atoms with van der Waals surface area (Å²) in [5, 5.41) is 19.8. The average Bonchev–Trinajstić information content (AvgIpc) is 3.65. The fraction of sp³-hybridized carbons (Fsp3) is 0.250. The zero-order valence-electron chi connectivity index (χ0n) is 19.0. The van der Waals surface area contributed by atoms with Crippen LogP contribution >= 0.6 is 0 Å². The fourth-order valence-electron chi connectivity index (χ4n) is 3.84. The number of nitrogens with two attached hydrogens (primary N) is 1. The van der Waals surface area contributed by atoms with Gasteiger partial charge in [-0.1, -0.05) is 0 Å². The molecule has 0 radical (unpaired) electrons. The number of nitrogens with zero attached hydrogens (tertiary/aromatic N) is 5. The van der Waals surface area contributed by atoms with E-state index in [1.54, 1.807) is 49.3 Å². The van der Waals surface area contributed by atoms with Crippen molar-refractivity contribution in [2.75, 3.05) is 33.0 Å². The number of ether oxygens (including phenoxy) is 2. The topological polar surface area (TPSA) is 135 Å².